The lowest BCUT2D eigenvalue weighted by molar-refractivity contribution is 1.19. The second-order valence-electron chi connectivity index (χ2n) is 14.1. The van der Waals surface area contributed by atoms with Crippen molar-refractivity contribution in [3.8, 4) is 22.5 Å². The topological polar surface area (TPSA) is 9.86 Å². The van der Waals surface area contributed by atoms with Crippen LogP contribution in [0.2, 0.25) is 0 Å². The first kappa shape index (κ1) is 29.0. The molecular weight excluding hydrogens is 661 g/mol. The van der Waals surface area contributed by atoms with Gasteiger partial charge in [0.15, 0.2) is 0 Å². The molecule has 0 aliphatic rings. The van der Waals surface area contributed by atoms with Gasteiger partial charge in [0.2, 0.25) is 0 Å². The zero-order chi connectivity index (χ0) is 34.6. The summed E-state index contributed by atoms with van der Waals surface area (Å²) in [5, 5.41) is 12.7. The first-order valence-electron chi connectivity index (χ1n) is 18.2. The van der Waals surface area contributed by atoms with E-state index in [1.807, 2.05) is 11.3 Å². The zero-order valence-electron chi connectivity index (χ0n) is 28.6. The van der Waals surface area contributed by atoms with E-state index >= 15 is 0 Å². The van der Waals surface area contributed by atoms with Crippen LogP contribution >= 0.6 is 11.3 Å². The Morgan fingerprint density at radius 1 is 0.358 bits per heavy atom. The van der Waals surface area contributed by atoms with Crippen LogP contribution in [0, 0.1) is 0 Å². The summed E-state index contributed by atoms with van der Waals surface area (Å²) in [4.78, 5) is 0. The lowest BCUT2D eigenvalue weighted by atomic mass is 9.95. The molecule has 0 fully saturated rings. The quantitative estimate of drug-likeness (QED) is 0.175. The van der Waals surface area contributed by atoms with Gasteiger partial charge in [0.25, 0.3) is 0 Å². The van der Waals surface area contributed by atoms with E-state index in [0.29, 0.717) is 0 Å². The zero-order valence-corrected chi connectivity index (χ0v) is 29.4. The normalized spacial score (nSPS) is 12.2. The second kappa shape index (κ2) is 10.9. The Labute approximate surface area is 309 Å². The minimum absolute atomic E-state index is 1.18. The maximum Gasteiger partial charge on any atom is 0.0726 e. The first-order valence-corrected chi connectivity index (χ1v) is 19.0. The van der Waals surface area contributed by atoms with Crippen molar-refractivity contribution < 1.29 is 0 Å². The van der Waals surface area contributed by atoms with Crippen LogP contribution in [0.3, 0.4) is 0 Å². The highest BCUT2D eigenvalue weighted by molar-refractivity contribution is 7.26. The average Bonchev–Trinajstić information content (AvgIpc) is 3.88. The van der Waals surface area contributed by atoms with E-state index in [1.165, 1.54) is 108 Å². The van der Waals surface area contributed by atoms with Crippen LogP contribution in [0.1, 0.15) is 0 Å². The standard InChI is InChI=1S/C50H30N2S/c1-3-13-33-27-36(24-21-31(33)11-1)51-44-18-8-5-15-38(44)42-29-35(23-26-46(42)51)41-30-43-39-16-7-10-20-47(39)53-50(43)49-48(41)40-17-6-9-19-45(40)52(49)37-25-22-32-12-2-4-14-34(32)28-37/h1-30H. The highest BCUT2D eigenvalue weighted by Crippen LogP contribution is 2.48. The molecule has 0 spiro atoms. The van der Waals surface area contributed by atoms with Crippen LogP contribution in [-0.2, 0) is 0 Å². The van der Waals surface area contributed by atoms with Gasteiger partial charge >= 0.3 is 0 Å². The largest absolute Gasteiger partial charge is 0.309 e. The van der Waals surface area contributed by atoms with Gasteiger partial charge in [-0.05, 0) is 93.3 Å². The molecular formula is C50H30N2S. The van der Waals surface area contributed by atoms with Gasteiger partial charge in [-0.25, -0.2) is 0 Å². The summed E-state index contributed by atoms with van der Waals surface area (Å²) in [5.41, 5.74) is 9.76. The fourth-order valence-corrected chi connectivity index (χ4v) is 10.1. The molecule has 53 heavy (non-hydrogen) atoms. The summed E-state index contributed by atoms with van der Waals surface area (Å²) in [6.45, 7) is 0. The van der Waals surface area contributed by atoms with E-state index in [0.717, 1.165) is 0 Å². The summed E-state index contributed by atoms with van der Waals surface area (Å²) < 4.78 is 7.58. The van der Waals surface area contributed by atoms with Crippen LogP contribution in [-0.4, -0.2) is 9.13 Å². The summed E-state index contributed by atoms with van der Waals surface area (Å²) in [7, 11) is 0. The predicted molar refractivity (Wildman–Crippen MR) is 228 cm³/mol. The maximum absolute atomic E-state index is 2.52. The molecule has 0 saturated heterocycles. The molecule has 0 N–H and O–H groups in total. The molecule has 0 aliphatic carbocycles. The Kier molecular flexibility index (Phi) is 5.96. The maximum atomic E-state index is 2.52. The molecule has 0 amide bonds. The molecule has 3 heteroatoms. The van der Waals surface area contributed by atoms with Gasteiger partial charge in [-0.2, -0.15) is 0 Å². The number of aromatic nitrogens is 2. The van der Waals surface area contributed by atoms with E-state index in [2.05, 4.69) is 191 Å². The van der Waals surface area contributed by atoms with Gasteiger partial charge in [-0.15, -0.1) is 11.3 Å². The molecule has 9 aromatic carbocycles. The van der Waals surface area contributed by atoms with Crippen molar-refractivity contribution in [2.45, 2.75) is 0 Å². The third-order valence-electron chi connectivity index (χ3n) is 11.2. The third-order valence-corrected chi connectivity index (χ3v) is 12.4. The van der Waals surface area contributed by atoms with Crippen molar-refractivity contribution >= 4 is 96.7 Å². The molecule has 3 heterocycles. The van der Waals surface area contributed by atoms with E-state index in [9.17, 15) is 0 Å². The van der Waals surface area contributed by atoms with E-state index in [-0.39, 0.29) is 0 Å². The molecule has 0 radical (unpaired) electrons. The number of thiophene rings is 1. The second-order valence-corrected chi connectivity index (χ2v) is 15.2. The van der Waals surface area contributed by atoms with E-state index in [1.54, 1.807) is 0 Å². The molecule has 0 unspecified atom stereocenters. The van der Waals surface area contributed by atoms with Gasteiger partial charge in [0.1, 0.15) is 0 Å². The molecule has 0 saturated carbocycles. The van der Waals surface area contributed by atoms with Crippen LogP contribution in [0.15, 0.2) is 182 Å². The lowest BCUT2D eigenvalue weighted by Crippen LogP contribution is -1.94. The number of para-hydroxylation sites is 2. The Balaban J connectivity index is 1.20. The summed E-state index contributed by atoms with van der Waals surface area (Å²) in [5.74, 6) is 0. The van der Waals surface area contributed by atoms with Gasteiger partial charge in [-0.3, -0.25) is 0 Å². The van der Waals surface area contributed by atoms with Crippen molar-refractivity contribution in [3.63, 3.8) is 0 Å². The highest BCUT2D eigenvalue weighted by atomic mass is 32.1. The highest BCUT2D eigenvalue weighted by Gasteiger charge is 2.23. The Morgan fingerprint density at radius 3 is 1.66 bits per heavy atom. The van der Waals surface area contributed by atoms with Crippen LogP contribution in [0.5, 0.6) is 0 Å². The van der Waals surface area contributed by atoms with Crippen molar-refractivity contribution in [1.29, 1.82) is 0 Å². The molecule has 0 bridgehead atoms. The number of rotatable bonds is 3. The van der Waals surface area contributed by atoms with E-state index in [4.69, 9.17) is 0 Å². The minimum Gasteiger partial charge on any atom is -0.309 e. The number of hydrogen-bond donors (Lipinski definition) is 0. The average molecular weight is 691 g/mol. The van der Waals surface area contributed by atoms with Gasteiger partial charge in [0, 0.05) is 48.4 Å². The van der Waals surface area contributed by atoms with Crippen molar-refractivity contribution in [2.75, 3.05) is 0 Å². The predicted octanol–water partition coefficient (Wildman–Crippen LogP) is 14.2. The molecule has 246 valence electrons. The fraction of sp³-hybridized carbons (Fsp3) is 0. The first-order chi connectivity index (χ1) is 26.3. The van der Waals surface area contributed by atoms with Crippen LogP contribution < -0.4 is 0 Å². The summed E-state index contributed by atoms with van der Waals surface area (Å²) in [6, 6.07) is 67.2. The SMILES string of the molecule is c1ccc2cc(-n3c4ccccc4c4cc(-c5cc6c7ccccc7sc6c6c5c5ccccc5n6-c5ccc6ccccc6c5)ccc43)ccc2c1. The van der Waals surface area contributed by atoms with Crippen molar-refractivity contribution in [3.05, 3.63) is 182 Å². The Hall–Kier alpha value is -6.68. The molecule has 12 aromatic rings. The fourth-order valence-electron chi connectivity index (χ4n) is 8.87. The Bertz CT molecular complexity index is 3470. The lowest BCUT2D eigenvalue weighted by Gasteiger charge is -2.12. The van der Waals surface area contributed by atoms with Crippen molar-refractivity contribution in [2.24, 2.45) is 0 Å². The van der Waals surface area contributed by atoms with Gasteiger partial charge in [-0.1, -0.05) is 121 Å². The number of fused-ring (bicyclic) bond motifs is 12. The molecule has 2 nitrogen and oxygen atoms in total. The molecule has 0 atom stereocenters. The summed E-state index contributed by atoms with van der Waals surface area (Å²) >= 11 is 1.90. The molecule has 3 aromatic heterocycles. The molecule has 12 rings (SSSR count). The van der Waals surface area contributed by atoms with Crippen LogP contribution in [0.4, 0.5) is 0 Å². The number of benzene rings is 9. The monoisotopic (exact) mass is 690 g/mol. The minimum atomic E-state index is 1.18. The number of hydrogen-bond acceptors (Lipinski definition) is 1. The van der Waals surface area contributed by atoms with Crippen molar-refractivity contribution in [1.82, 2.24) is 9.13 Å². The van der Waals surface area contributed by atoms with Gasteiger partial charge in [0.05, 0.1) is 26.8 Å². The third kappa shape index (κ3) is 4.14. The molecule has 0 aliphatic heterocycles. The van der Waals surface area contributed by atoms with Gasteiger partial charge < -0.3 is 9.13 Å². The summed E-state index contributed by atoms with van der Waals surface area (Å²) in [6.07, 6.45) is 0. The Morgan fingerprint density at radius 2 is 0.925 bits per heavy atom. The number of nitrogens with zero attached hydrogens (tertiary/aromatic N) is 2. The smallest absolute Gasteiger partial charge is 0.0726 e. The van der Waals surface area contributed by atoms with Crippen LogP contribution in [0.25, 0.3) is 108 Å². The van der Waals surface area contributed by atoms with E-state index < -0.39 is 0 Å².